The van der Waals surface area contributed by atoms with Crippen LogP contribution in [0, 0.1) is 0 Å². The first kappa shape index (κ1) is 18.9. The standard InChI is InChI=1S/C26H27N3O/c30-26-27-24-14-8-7-13-23(24)25(21-11-5-2-6-12-21)29(26)22-15-17-28(18-16-22)19-20-9-3-1-4-10-20/h1-14,22,25H,15-19H2,(H,27,30)/t25-/m0/s1. The molecule has 3 aromatic rings. The molecule has 1 saturated heterocycles. The molecule has 30 heavy (non-hydrogen) atoms. The summed E-state index contributed by atoms with van der Waals surface area (Å²) in [5.41, 5.74) is 4.62. The lowest BCUT2D eigenvalue weighted by Gasteiger charge is -2.45. The predicted octanol–water partition coefficient (Wildman–Crippen LogP) is 5.29. The zero-order valence-electron chi connectivity index (χ0n) is 17.1. The van der Waals surface area contributed by atoms with Crippen LogP contribution in [0.25, 0.3) is 0 Å². The van der Waals surface area contributed by atoms with Crippen LogP contribution in [0.5, 0.6) is 0 Å². The number of para-hydroxylation sites is 1. The van der Waals surface area contributed by atoms with E-state index in [1.165, 1.54) is 16.7 Å². The van der Waals surface area contributed by atoms with Gasteiger partial charge in [-0.3, -0.25) is 4.90 Å². The fraction of sp³-hybridized carbons (Fsp3) is 0.269. The maximum Gasteiger partial charge on any atom is 0.322 e. The first-order valence-corrected chi connectivity index (χ1v) is 10.8. The van der Waals surface area contributed by atoms with E-state index in [-0.39, 0.29) is 18.1 Å². The van der Waals surface area contributed by atoms with Crippen LogP contribution in [0.2, 0.25) is 0 Å². The number of hydrogen-bond donors (Lipinski definition) is 1. The fourth-order valence-electron chi connectivity index (χ4n) is 4.85. The van der Waals surface area contributed by atoms with Crippen molar-refractivity contribution in [3.8, 4) is 0 Å². The number of anilines is 1. The van der Waals surface area contributed by atoms with Crippen molar-refractivity contribution in [1.29, 1.82) is 0 Å². The Morgan fingerprint density at radius 2 is 1.43 bits per heavy atom. The summed E-state index contributed by atoms with van der Waals surface area (Å²) < 4.78 is 0. The van der Waals surface area contributed by atoms with Gasteiger partial charge in [0.1, 0.15) is 0 Å². The van der Waals surface area contributed by atoms with Crippen LogP contribution in [0.15, 0.2) is 84.9 Å². The molecule has 0 aliphatic carbocycles. The molecule has 0 aromatic heterocycles. The highest BCUT2D eigenvalue weighted by molar-refractivity contribution is 5.93. The fourth-order valence-corrected chi connectivity index (χ4v) is 4.85. The van der Waals surface area contributed by atoms with E-state index in [2.05, 4.69) is 81.8 Å². The van der Waals surface area contributed by atoms with Crippen molar-refractivity contribution < 1.29 is 4.79 Å². The molecule has 2 amide bonds. The average molecular weight is 398 g/mol. The van der Waals surface area contributed by atoms with Crippen LogP contribution in [-0.2, 0) is 6.54 Å². The molecular formula is C26H27N3O. The number of hydrogen-bond acceptors (Lipinski definition) is 2. The van der Waals surface area contributed by atoms with Crippen molar-refractivity contribution in [2.45, 2.75) is 31.5 Å². The van der Waals surface area contributed by atoms with Crippen LogP contribution >= 0.6 is 0 Å². The maximum atomic E-state index is 13.2. The molecule has 2 heterocycles. The number of benzene rings is 3. The summed E-state index contributed by atoms with van der Waals surface area (Å²) in [7, 11) is 0. The topological polar surface area (TPSA) is 35.6 Å². The number of carbonyl (C=O) groups is 1. The monoisotopic (exact) mass is 397 g/mol. The normalized spacial score (nSPS) is 19.9. The van der Waals surface area contributed by atoms with Crippen LogP contribution < -0.4 is 5.32 Å². The van der Waals surface area contributed by atoms with Gasteiger partial charge < -0.3 is 10.2 Å². The second-order valence-corrected chi connectivity index (χ2v) is 8.23. The number of nitrogens with zero attached hydrogens (tertiary/aromatic N) is 2. The van der Waals surface area contributed by atoms with Crippen molar-refractivity contribution in [3.63, 3.8) is 0 Å². The average Bonchev–Trinajstić information content (AvgIpc) is 2.80. The predicted molar refractivity (Wildman–Crippen MR) is 120 cm³/mol. The molecule has 0 unspecified atom stereocenters. The van der Waals surface area contributed by atoms with Gasteiger partial charge in [-0.15, -0.1) is 0 Å². The molecule has 3 aromatic carbocycles. The summed E-state index contributed by atoms with van der Waals surface area (Å²) >= 11 is 0. The summed E-state index contributed by atoms with van der Waals surface area (Å²) in [6.45, 7) is 2.99. The van der Waals surface area contributed by atoms with Gasteiger partial charge in [0, 0.05) is 36.9 Å². The quantitative estimate of drug-likeness (QED) is 0.649. The Morgan fingerprint density at radius 1 is 0.800 bits per heavy atom. The van der Waals surface area contributed by atoms with E-state index in [4.69, 9.17) is 0 Å². The maximum absolute atomic E-state index is 13.2. The van der Waals surface area contributed by atoms with Gasteiger partial charge in [-0.1, -0.05) is 78.9 Å². The zero-order chi connectivity index (χ0) is 20.3. The van der Waals surface area contributed by atoms with Crippen LogP contribution in [0.1, 0.15) is 35.6 Å². The third-order valence-corrected chi connectivity index (χ3v) is 6.32. The third-order valence-electron chi connectivity index (χ3n) is 6.32. The summed E-state index contributed by atoms with van der Waals surface area (Å²) in [6.07, 6.45) is 1.98. The van der Waals surface area contributed by atoms with Gasteiger partial charge in [-0.2, -0.15) is 0 Å². The molecule has 5 rings (SSSR count). The van der Waals surface area contributed by atoms with Crippen LogP contribution in [0.4, 0.5) is 10.5 Å². The summed E-state index contributed by atoms with van der Waals surface area (Å²) in [5, 5.41) is 3.13. The molecule has 152 valence electrons. The van der Waals surface area contributed by atoms with Gasteiger partial charge in [0.2, 0.25) is 0 Å². The van der Waals surface area contributed by atoms with Gasteiger partial charge in [-0.25, -0.2) is 4.79 Å². The number of fused-ring (bicyclic) bond motifs is 1. The summed E-state index contributed by atoms with van der Waals surface area (Å²) in [4.78, 5) is 17.8. The van der Waals surface area contributed by atoms with E-state index in [0.717, 1.165) is 38.2 Å². The summed E-state index contributed by atoms with van der Waals surface area (Å²) in [6, 6.07) is 29.5. The van der Waals surface area contributed by atoms with Gasteiger partial charge in [0.25, 0.3) is 0 Å². The Labute approximate surface area is 178 Å². The minimum Gasteiger partial charge on any atom is -0.310 e. The minimum absolute atomic E-state index is 0.0177. The Balaban J connectivity index is 1.38. The second-order valence-electron chi connectivity index (χ2n) is 8.23. The van der Waals surface area contributed by atoms with Crippen LogP contribution in [-0.4, -0.2) is 35.0 Å². The largest absolute Gasteiger partial charge is 0.322 e. The lowest BCUT2D eigenvalue weighted by atomic mass is 9.90. The highest BCUT2D eigenvalue weighted by Crippen LogP contribution is 2.40. The number of nitrogens with one attached hydrogen (secondary N) is 1. The lowest BCUT2D eigenvalue weighted by Crippen LogP contribution is -2.52. The highest BCUT2D eigenvalue weighted by Gasteiger charge is 2.38. The number of rotatable bonds is 4. The molecule has 0 bridgehead atoms. The highest BCUT2D eigenvalue weighted by atomic mass is 16.2. The number of piperidine rings is 1. The molecule has 0 saturated carbocycles. The van der Waals surface area contributed by atoms with Crippen molar-refractivity contribution in [2.75, 3.05) is 18.4 Å². The molecule has 4 heteroatoms. The molecule has 1 atom stereocenters. The molecule has 1 fully saturated rings. The van der Waals surface area contributed by atoms with Gasteiger partial charge >= 0.3 is 6.03 Å². The van der Waals surface area contributed by atoms with Gasteiger partial charge in [0.15, 0.2) is 0 Å². The third kappa shape index (κ3) is 3.71. The first-order valence-electron chi connectivity index (χ1n) is 10.8. The Morgan fingerprint density at radius 3 is 2.17 bits per heavy atom. The molecule has 1 N–H and O–H groups in total. The number of urea groups is 1. The molecule has 0 radical (unpaired) electrons. The molecule has 0 spiro atoms. The van der Waals surface area contributed by atoms with E-state index >= 15 is 0 Å². The van der Waals surface area contributed by atoms with E-state index in [9.17, 15) is 4.79 Å². The Hall–Kier alpha value is -3.11. The molecule has 2 aliphatic heterocycles. The van der Waals surface area contributed by atoms with E-state index in [1.54, 1.807) is 0 Å². The smallest absolute Gasteiger partial charge is 0.310 e. The van der Waals surface area contributed by atoms with E-state index in [0.29, 0.717) is 0 Å². The van der Waals surface area contributed by atoms with Crippen molar-refractivity contribution >= 4 is 11.7 Å². The summed E-state index contributed by atoms with van der Waals surface area (Å²) in [5.74, 6) is 0. The van der Waals surface area contributed by atoms with Crippen molar-refractivity contribution in [3.05, 3.63) is 102 Å². The van der Waals surface area contributed by atoms with Crippen molar-refractivity contribution in [1.82, 2.24) is 9.80 Å². The zero-order valence-corrected chi connectivity index (χ0v) is 17.1. The van der Waals surface area contributed by atoms with Gasteiger partial charge in [-0.05, 0) is 30.0 Å². The lowest BCUT2D eigenvalue weighted by molar-refractivity contribution is 0.106. The number of carbonyl (C=O) groups excluding carboxylic acids is 1. The van der Waals surface area contributed by atoms with E-state index < -0.39 is 0 Å². The SMILES string of the molecule is O=C1Nc2ccccc2[C@H](c2ccccc2)N1C1CCN(Cc2ccccc2)CC1. The van der Waals surface area contributed by atoms with Gasteiger partial charge in [0.05, 0.1) is 6.04 Å². The Kier molecular flexibility index (Phi) is 5.24. The number of amides is 2. The van der Waals surface area contributed by atoms with Crippen LogP contribution in [0.3, 0.4) is 0 Å². The first-order chi connectivity index (χ1) is 14.8. The molecular weight excluding hydrogens is 370 g/mol. The molecule has 4 nitrogen and oxygen atoms in total. The minimum atomic E-state index is -0.0400. The van der Waals surface area contributed by atoms with E-state index in [1.807, 2.05) is 18.2 Å². The Bertz CT molecular complexity index is 997. The van der Waals surface area contributed by atoms with Crippen molar-refractivity contribution in [2.24, 2.45) is 0 Å². The second kappa shape index (κ2) is 8.33. The molecule has 2 aliphatic rings. The number of likely N-dealkylation sites (tertiary alicyclic amines) is 1.